The molecule has 0 bridgehead atoms. The molecule has 0 aliphatic heterocycles. The lowest BCUT2D eigenvalue weighted by Gasteiger charge is -2.11. The summed E-state index contributed by atoms with van der Waals surface area (Å²) in [5.74, 6) is -0.291. The maximum absolute atomic E-state index is 12.4. The van der Waals surface area contributed by atoms with Gasteiger partial charge in [-0.25, -0.2) is 0 Å². The van der Waals surface area contributed by atoms with E-state index in [-0.39, 0.29) is 23.1 Å². The lowest BCUT2D eigenvalue weighted by molar-refractivity contribution is 0.102. The maximum atomic E-state index is 12.4. The maximum Gasteiger partial charge on any atom is 0.255 e. The van der Waals surface area contributed by atoms with Crippen LogP contribution in [0.1, 0.15) is 10.4 Å². The molecule has 0 atom stereocenters. The van der Waals surface area contributed by atoms with E-state index in [4.69, 9.17) is 11.5 Å². The molecule has 126 valence electrons. The van der Waals surface area contributed by atoms with Gasteiger partial charge in [-0.15, -0.1) is 0 Å². The molecule has 0 unspecified atom stereocenters. The third kappa shape index (κ3) is 3.32. The highest BCUT2D eigenvalue weighted by molar-refractivity contribution is 6.05. The zero-order valence-electron chi connectivity index (χ0n) is 13.2. The van der Waals surface area contributed by atoms with Gasteiger partial charge < -0.3 is 27.0 Å². The van der Waals surface area contributed by atoms with Gasteiger partial charge in [0.1, 0.15) is 11.5 Å². The third-order valence-electron chi connectivity index (χ3n) is 3.79. The van der Waals surface area contributed by atoms with Crippen molar-refractivity contribution < 1.29 is 15.0 Å². The molecule has 6 heteroatoms. The Morgan fingerprint density at radius 1 is 0.800 bits per heavy atom. The van der Waals surface area contributed by atoms with Crippen LogP contribution in [0.15, 0.2) is 60.7 Å². The summed E-state index contributed by atoms with van der Waals surface area (Å²) < 4.78 is 0. The molecule has 0 radical (unpaired) electrons. The molecule has 7 N–H and O–H groups in total. The van der Waals surface area contributed by atoms with Crippen LogP contribution in [0.25, 0.3) is 11.1 Å². The van der Waals surface area contributed by atoms with Gasteiger partial charge in [-0.2, -0.15) is 0 Å². The fourth-order valence-corrected chi connectivity index (χ4v) is 2.49. The molecule has 3 aromatic carbocycles. The normalized spacial score (nSPS) is 10.4. The van der Waals surface area contributed by atoms with Crippen LogP contribution in [-0.4, -0.2) is 16.1 Å². The summed E-state index contributed by atoms with van der Waals surface area (Å²) in [6.07, 6.45) is 0. The number of carbonyl (C=O) groups is 1. The highest BCUT2D eigenvalue weighted by Crippen LogP contribution is 2.33. The third-order valence-corrected chi connectivity index (χ3v) is 3.79. The van der Waals surface area contributed by atoms with Crippen molar-refractivity contribution in [3.63, 3.8) is 0 Å². The van der Waals surface area contributed by atoms with E-state index >= 15 is 0 Å². The van der Waals surface area contributed by atoms with Crippen molar-refractivity contribution in [3.8, 4) is 22.6 Å². The lowest BCUT2D eigenvalue weighted by atomic mass is 10.0. The number of para-hydroxylation sites is 1. The number of phenolic OH excluding ortho intramolecular Hbond substituents is 2. The van der Waals surface area contributed by atoms with E-state index in [1.807, 2.05) is 0 Å². The van der Waals surface area contributed by atoms with E-state index in [1.54, 1.807) is 48.5 Å². The summed E-state index contributed by atoms with van der Waals surface area (Å²) >= 11 is 0. The number of benzene rings is 3. The number of anilines is 3. The number of nitrogens with one attached hydrogen (secondary N) is 1. The first-order chi connectivity index (χ1) is 12.0. The van der Waals surface area contributed by atoms with Crippen LogP contribution in [-0.2, 0) is 0 Å². The molecule has 0 saturated carbocycles. The average molecular weight is 335 g/mol. The monoisotopic (exact) mass is 335 g/mol. The summed E-state index contributed by atoms with van der Waals surface area (Å²) in [6, 6.07) is 16.1. The van der Waals surface area contributed by atoms with Crippen molar-refractivity contribution in [1.82, 2.24) is 0 Å². The molecule has 1 amide bonds. The summed E-state index contributed by atoms with van der Waals surface area (Å²) in [5.41, 5.74) is 14.3. The van der Waals surface area contributed by atoms with E-state index in [9.17, 15) is 15.0 Å². The highest BCUT2D eigenvalue weighted by atomic mass is 16.3. The van der Waals surface area contributed by atoms with Gasteiger partial charge >= 0.3 is 0 Å². The van der Waals surface area contributed by atoms with Crippen LogP contribution in [0.2, 0.25) is 0 Å². The number of nitrogens with two attached hydrogens (primary N) is 2. The Hall–Kier alpha value is -3.67. The fourth-order valence-electron chi connectivity index (χ4n) is 2.49. The molecule has 3 aromatic rings. The van der Waals surface area contributed by atoms with E-state index in [0.29, 0.717) is 28.1 Å². The first-order valence-corrected chi connectivity index (χ1v) is 7.53. The highest BCUT2D eigenvalue weighted by Gasteiger charge is 2.12. The number of nitrogen functional groups attached to an aromatic ring is 2. The Labute approximate surface area is 144 Å². The largest absolute Gasteiger partial charge is 0.507 e. The van der Waals surface area contributed by atoms with Crippen molar-refractivity contribution >= 4 is 23.0 Å². The smallest absolute Gasteiger partial charge is 0.255 e. The average Bonchev–Trinajstić information content (AvgIpc) is 2.59. The zero-order chi connectivity index (χ0) is 18.0. The standard InChI is InChI=1S/C19H17N3O3/c20-15-9-11(5-7-13(15)14-3-1-2-4-17(14)23)19(25)22-12-6-8-18(24)16(21)10-12/h1-10,23-24H,20-21H2,(H,22,25). The zero-order valence-corrected chi connectivity index (χ0v) is 13.2. The van der Waals surface area contributed by atoms with Gasteiger partial charge in [0.2, 0.25) is 0 Å². The molecule has 0 heterocycles. The molecule has 6 nitrogen and oxygen atoms in total. The van der Waals surface area contributed by atoms with Gasteiger partial charge in [0.25, 0.3) is 5.91 Å². The molecule has 25 heavy (non-hydrogen) atoms. The van der Waals surface area contributed by atoms with Crippen molar-refractivity contribution in [2.24, 2.45) is 0 Å². The number of hydrogen-bond donors (Lipinski definition) is 5. The number of aromatic hydroxyl groups is 2. The second-order valence-electron chi connectivity index (χ2n) is 5.55. The predicted octanol–water partition coefficient (Wildman–Crippen LogP) is 3.18. The Bertz CT molecular complexity index is 954. The van der Waals surface area contributed by atoms with Crippen LogP contribution >= 0.6 is 0 Å². The fraction of sp³-hybridized carbons (Fsp3) is 0. The van der Waals surface area contributed by atoms with Crippen molar-refractivity contribution in [2.45, 2.75) is 0 Å². The Morgan fingerprint density at radius 3 is 2.24 bits per heavy atom. The first-order valence-electron chi connectivity index (χ1n) is 7.53. The molecule has 0 spiro atoms. The lowest BCUT2D eigenvalue weighted by Crippen LogP contribution is -2.12. The Kier molecular flexibility index (Phi) is 4.18. The molecular weight excluding hydrogens is 318 g/mol. The summed E-state index contributed by atoms with van der Waals surface area (Å²) in [7, 11) is 0. The molecule has 0 fully saturated rings. The number of phenols is 2. The summed E-state index contributed by atoms with van der Waals surface area (Å²) in [6.45, 7) is 0. The molecule has 0 aliphatic carbocycles. The van der Waals surface area contributed by atoms with Gasteiger partial charge in [0.05, 0.1) is 5.69 Å². The van der Waals surface area contributed by atoms with Crippen molar-refractivity contribution in [1.29, 1.82) is 0 Å². The SMILES string of the molecule is Nc1cc(NC(=O)c2ccc(-c3ccccc3O)c(N)c2)ccc1O. The van der Waals surface area contributed by atoms with Crippen LogP contribution in [0.3, 0.4) is 0 Å². The van der Waals surface area contributed by atoms with Gasteiger partial charge in [-0.05, 0) is 36.4 Å². The second kappa shape index (κ2) is 6.45. The van der Waals surface area contributed by atoms with E-state index in [0.717, 1.165) is 0 Å². The Morgan fingerprint density at radius 2 is 1.56 bits per heavy atom. The predicted molar refractivity (Wildman–Crippen MR) is 98.4 cm³/mol. The summed E-state index contributed by atoms with van der Waals surface area (Å²) in [5, 5.41) is 22.0. The molecule has 0 aliphatic rings. The van der Waals surface area contributed by atoms with Crippen molar-refractivity contribution in [2.75, 3.05) is 16.8 Å². The minimum absolute atomic E-state index is 0.0470. The minimum Gasteiger partial charge on any atom is -0.507 e. The van der Waals surface area contributed by atoms with Gasteiger partial charge in [-0.3, -0.25) is 4.79 Å². The van der Waals surface area contributed by atoms with Gasteiger partial charge in [0, 0.05) is 28.1 Å². The number of carbonyl (C=O) groups excluding carboxylic acids is 1. The van der Waals surface area contributed by atoms with E-state index in [2.05, 4.69) is 5.32 Å². The number of hydrogen-bond acceptors (Lipinski definition) is 5. The molecular formula is C19H17N3O3. The second-order valence-corrected chi connectivity index (χ2v) is 5.55. The van der Waals surface area contributed by atoms with E-state index < -0.39 is 0 Å². The first kappa shape index (κ1) is 16.2. The Balaban J connectivity index is 1.86. The van der Waals surface area contributed by atoms with Gasteiger partial charge in [-0.1, -0.05) is 24.3 Å². The number of rotatable bonds is 3. The number of amides is 1. The van der Waals surface area contributed by atoms with Gasteiger partial charge in [0.15, 0.2) is 0 Å². The van der Waals surface area contributed by atoms with Crippen LogP contribution in [0.5, 0.6) is 11.5 Å². The van der Waals surface area contributed by atoms with Crippen LogP contribution in [0, 0.1) is 0 Å². The van der Waals surface area contributed by atoms with Crippen LogP contribution < -0.4 is 16.8 Å². The van der Waals surface area contributed by atoms with E-state index in [1.165, 1.54) is 12.1 Å². The quantitative estimate of drug-likeness (QED) is 0.286. The molecule has 0 saturated heterocycles. The summed E-state index contributed by atoms with van der Waals surface area (Å²) in [4.78, 5) is 12.4. The molecule has 0 aromatic heterocycles. The van der Waals surface area contributed by atoms with Crippen molar-refractivity contribution in [3.05, 3.63) is 66.2 Å². The van der Waals surface area contributed by atoms with Crippen LogP contribution in [0.4, 0.5) is 17.1 Å². The topological polar surface area (TPSA) is 122 Å². The minimum atomic E-state index is -0.361. The molecule has 3 rings (SSSR count).